The number of amides is 1. The van der Waals surface area contributed by atoms with Crippen LogP contribution < -0.4 is 5.32 Å². The monoisotopic (exact) mass is 288 g/mol. The van der Waals surface area contributed by atoms with Crippen LogP contribution in [0.3, 0.4) is 0 Å². The Bertz CT molecular complexity index is 481. The second-order valence-corrected chi connectivity index (χ2v) is 6.44. The van der Waals surface area contributed by atoms with Gasteiger partial charge in [-0.2, -0.15) is 0 Å². The van der Waals surface area contributed by atoms with Crippen LogP contribution in [0.2, 0.25) is 0 Å². The van der Waals surface area contributed by atoms with Crippen molar-refractivity contribution in [2.75, 3.05) is 20.1 Å². The lowest BCUT2D eigenvalue weighted by atomic mass is 9.98. The van der Waals surface area contributed by atoms with Crippen molar-refractivity contribution in [2.24, 2.45) is 0 Å². The van der Waals surface area contributed by atoms with Crippen molar-refractivity contribution in [3.8, 4) is 0 Å². The van der Waals surface area contributed by atoms with Gasteiger partial charge in [-0.1, -0.05) is 24.1 Å². The molecule has 1 N–H and O–H groups in total. The van der Waals surface area contributed by atoms with E-state index < -0.39 is 0 Å². The zero-order valence-electron chi connectivity index (χ0n) is 13.8. The van der Waals surface area contributed by atoms with Gasteiger partial charge in [-0.05, 0) is 57.7 Å². The highest BCUT2D eigenvalue weighted by Crippen LogP contribution is 2.18. The van der Waals surface area contributed by atoms with E-state index >= 15 is 0 Å². The first kappa shape index (κ1) is 16.0. The third kappa shape index (κ3) is 4.07. The van der Waals surface area contributed by atoms with E-state index in [0.29, 0.717) is 6.04 Å². The SMILES string of the molecule is Cc1cc(C)c(C(=O)N(C)CCC2CCCCN2)c(C)c1. The zero-order chi connectivity index (χ0) is 15.4. The molecular formula is C18H28N2O. The van der Waals surface area contributed by atoms with Gasteiger partial charge in [0.15, 0.2) is 0 Å². The standard InChI is InChI=1S/C18H28N2O/c1-13-11-14(2)17(15(3)12-13)18(21)20(4)10-8-16-7-5-6-9-19-16/h11-12,16,19H,5-10H2,1-4H3. The Balaban J connectivity index is 1.99. The summed E-state index contributed by atoms with van der Waals surface area (Å²) in [5.41, 5.74) is 4.26. The molecule has 1 heterocycles. The Morgan fingerprint density at radius 2 is 1.90 bits per heavy atom. The minimum atomic E-state index is 0.154. The summed E-state index contributed by atoms with van der Waals surface area (Å²) in [6.45, 7) is 8.09. The second kappa shape index (κ2) is 7.08. The molecule has 1 aromatic carbocycles. The quantitative estimate of drug-likeness (QED) is 0.922. The van der Waals surface area contributed by atoms with E-state index in [1.165, 1.54) is 24.8 Å². The van der Waals surface area contributed by atoms with Gasteiger partial charge >= 0.3 is 0 Å². The lowest BCUT2D eigenvalue weighted by Gasteiger charge is -2.26. The van der Waals surface area contributed by atoms with Gasteiger partial charge in [0.1, 0.15) is 0 Å². The molecule has 0 radical (unpaired) electrons. The average molecular weight is 288 g/mol. The number of nitrogens with zero attached hydrogens (tertiary/aromatic N) is 1. The van der Waals surface area contributed by atoms with Crippen LogP contribution in [-0.2, 0) is 0 Å². The van der Waals surface area contributed by atoms with E-state index in [9.17, 15) is 4.79 Å². The second-order valence-electron chi connectivity index (χ2n) is 6.44. The van der Waals surface area contributed by atoms with Gasteiger partial charge in [-0.15, -0.1) is 0 Å². The molecule has 0 aromatic heterocycles. The van der Waals surface area contributed by atoms with E-state index in [4.69, 9.17) is 0 Å². The molecule has 0 saturated carbocycles. The number of nitrogens with one attached hydrogen (secondary N) is 1. The normalized spacial score (nSPS) is 18.6. The molecule has 21 heavy (non-hydrogen) atoms. The zero-order valence-corrected chi connectivity index (χ0v) is 13.8. The van der Waals surface area contributed by atoms with Crippen LogP contribution in [0.1, 0.15) is 52.7 Å². The summed E-state index contributed by atoms with van der Waals surface area (Å²) in [6.07, 6.45) is 4.88. The molecule has 1 atom stereocenters. The highest BCUT2D eigenvalue weighted by atomic mass is 16.2. The Kier molecular flexibility index (Phi) is 5.40. The summed E-state index contributed by atoms with van der Waals surface area (Å²) >= 11 is 0. The number of piperidine rings is 1. The minimum absolute atomic E-state index is 0.154. The molecule has 1 saturated heterocycles. The van der Waals surface area contributed by atoms with Crippen molar-refractivity contribution in [1.29, 1.82) is 0 Å². The van der Waals surface area contributed by atoms with Crippen molar-refractivity contribution >= 4 is 5.91 Å². The van der Waals surface area contributed by atoms with Crippen molar-refractivity contribution in [2.45, 2.75) is 52.5 Å². The third-order valence-corrected chi connectivity index (χ3v) is 4.46. The van der Waals surface area contributed by atoms with Gasteiger partial charge in [-0.25, -0.2) is 0 Å². The molecule has 1 aliphatic rings. The van der Waals surface area contributed by atoms with Gasteiger partial charge in [0.2, 0.25) is 0 Å². The molecule has 3 nitrogen and oxygen atoms in total. The molecule has 1 fully saturated rings. The van der Waals surface area contributed by atoms with Gasteiger partial charge in [0, 0.05) is 25.2 Å². The number of carbonyl (C=O) groups excluding carboxylic acids is 1. The van der Waals surface area contributed by atoms with Crippen LogP contribution in [-0.4, -0.2) is 37.0 Å². The molecule has 1 unspecified atom stereocenters. The molecular weight excluding hydrogens is 260 g/mol. The number of hydrogen-bond acceptors (Lipinski definition) is 2. The van der Waals surface area contributed by atoms with Crippen molar-refractivity contribution in [3.05, 3.63) is 34.4 Å². The van der Waals surface area contributed by atoms with Gasteiger partial charge in [0.25, 0.3) is 5.91 Å². The maximum Gasteiger partial charge on any atom is 0.254 e. The Hall–Kier alpha value is -1.35. The molecule has 0 spiro atoms. The van der Waals surface area contributed by atoms with E-state index in [2.05, 4.69) is 24.4 Å². The summed E-state index contributed by atoms with van der Waals surface area (Å²) in [5, 5.41) is 3.55. The Morgan fingerprint density at radius 3 is 2.48 bits per heavy atom. The lowest BCUT2D eigenvalue weighted by Crippen LogP contribution is -2.38. The first-order valence-electron chi connectivity index (χ1n) is 8.05. The van der Waals surface area contributed by atoms with E-state index in [1.807, 2.05) is 25.8 Å². The number of benzene rings is 1. The van der Waals surface area contributed by atoms with Crippen LogP contribution in [0.5, 0.6) is 0 Å². The van der Waals surface area contributed by atoms with E-state index in [1.54, 1.807) is 0 Å². The fourth-order valence-electron chi connectivity index (χ4n) is 3.33. The van der Waals surface area contributed by atoms with E-state index in [-0.39, 0.29) is 5.91 Å². The summed E-state index contributed by atoms with van der Waals surface area (Å²) in [4.78, 5) is 14.6. The summed E-state index contributed by atoms with van der Waals surface area (Å²) in [5.74, 6) is 0.154. The maximum absolute atomic E-state index is 12.7. The van der Waals surface area contributed by atoms with Gasteiger partial charge < -0.3 is 10.2 Å². The first-order chi connectivity index (χ1) is 9.99. The number of rotatable bonds is 4. The van der Waals surface area contributed by atoms with Crippen molar-refractivity contribution in [3.63, 3.8) is 0 Å². The number of carbonyl (C=O) groups is 1. The van der Waals surface area contributed by atoms with Crippen LogP contribution in [0, 0.1) is 20.8 Å². The highest BCUT2D eigenvalue weighted by molar-refractivity contribution is 5.97. The lowest BCUT2D eigenvalue weighted by molar-refractivity contribution is 0.0786. The Morgan fingerprint density at radius 1 is 1.24 bits per heavy atom. The molecule has 2 rings (SSSR count). The molecule has 0 aliphatic carbocycles. The molecule has 3 heteroatoms. The fraction of sp³-hybridized carbons (Fsp3) is 0.611. The number of hydrogen-bond donors (Lipinski definition) is 1. The number of aryl methyl sites for hydroxylation is 3. The highest BCUT2D eigenvalue weighted by Gasteiger charge is 2.19. The molecule has 1 aromatic rings. The largest absolute Gasteiger partial charge is 0.342 e. The first-order valence-corrected chi connectivity index (χ1v) is 8.05. The molecule has 0 bridgehead atoms. The summed E-state index contributed by atoms with van der Waals surface area (Å²) in [7, 11) is 1.92. The predicted molar refractivity (Wildman–Crippen MR) is 87.9 cm³/mol. The molecule has 1 aliphatic heterocycles. The summed E-state index contributed by atoms with van der Waals surface area (Å²) < 4.78 is 0. The van der Waals surface area contributed by atoms with E-state index in [0.717, 1.165) is 36.2 Å². The molecule has 116 valence electrons. The van der Waals surface area contributed by atoms with Crippen LogP contribution in [0.15, 0.2) is 12.1 Å². The molecule has 1 amide bonds. The third-order valence-electron chi connectivity index (χ3n) is 4.46. The van der Waals surface area contributed by atoms with Crippen molar-refractivity contribution < 1.29 is 4.79 Å². The fourth-order valence-corrected chi connectivity index (χ4v) is 3.33. The van der Waals surface area contributed by atoms with Crippen molar-refractivity contribution in [1.82, 2.24) is 10.2 Å². The van der Waals surface area contributed by atoms with Gasteiger partial charge in [-0.3, -0.25) is 4.79 Å². The topological polar surface area (TPSA) is 32.3 Å². The average Bonchev–Trinajstić information content (AvgIpc) is 2.44. The maximum atomic E-state index is 12.7. The minimum Gasteiger partial charge on any atom is -0.342 e. The van der Waals surface area contributed by atoms with Crippen LogP contribution in [0.4, 0.5) is 0 Å². The van der Waals surface area contributed by atoms with Crippen LogP contribution in [0.25, 0.3) is 0 Å². The Labute approximate surface area is 128 Å². The smallest absolute Gasteiger partial charge is 0.254 e. The van der Waals surface area contributed by atoms with Crippen LogP contribution >= 0.6 is 0 Å². The predicted octanol–water partition coefficient (Wildman–Crippen LogP) is 3.22. The summed E-state index contributed by atoms with van der Waals surface area (Å²) in [6, 6.07) is 4.77. The van der Waals surface area contributed by atoms with Gasteiger partial charge in [0.05, 0.1) is 0 Å².